The van der Waals surface area contributed by atoms with Gasteiger partial charge in [-0.1, -0.05) is 26.0 Å². The summed E-state index contributed by atoms with van der Waals surface area (Å²) in [5, 5.41) is 7.37. The molecule has 1 aromatic heterocycles. The number of rotatable bonds is 5. The van der Waals surface area contributed by atoms with Crippen molar-refractivity contribution in [3.8, 4) is 0 Å². The molecule has 1 atom stereocenters. The lowest BCUT2D eigenvalue weighted by molar-refractivity contribution is 0.0852. The van der Waals surface area contributed by atoms with Crippen molar-refractivity contribution in [2.24, 2.45) is 13.0 Å². The number of ether oxygens (including phenoxy) is 1. The first-order valence-corrected chi connectivity index (χ1v) is 9.01. The molecule has 1 N–H and O–H groups in total. The van der Waals surface area contributed by atoms with E-state index in [1.165, 1.54) is 5.56 Å². The Kier molecular flexibility index (Phi) is 5.53. The van der Waals surface area contributed by atoms with Crippen LogP contribution >= 0.6 is 0 Å². The Morgan fingerprint density at radius 2 is 1.92 bits per heavy atom. The van der Waals surface area contributed by atoms with Gasteiger partial charge in [-0.25, -0.2) is 0 Å². The van der Waals surface area contributed by atoms with Gasteiger partial charge in [0.05, 0.1) is 12.2 Å². The summed E-state index contributed by atoms with van der Waals surface area (Å²) in [7, 11) is 1.89. The molecule has 1 aliphatic rings. The van der Waals surface area contributed by atoms with E-state index in [1.54, 1.807) is 4.68 Å². The van der Waals surface area contributed by atoms with E-state index in [0.29, 0.717) is 11.5 Å². The maximum Gasteiger partial charge on any atom is 0.251 e. The monoisotopic (exact) mass is 341 g/mol. The fraction of sp³-hybridized carbons (Fsp3) is 0.500. The number of nitrogens with one attached hydrogen (secondary N) is 1. The average Bonchev–Trinajstić information content (AvgIpc) is 3.06. The van der Waals surface area contributed by atoms with Crippen molar-refractivity contribution in [2.75, 3.05) is 13.2 Å². The van der Waals surface area contributed by atoms with Gasteiger partial charge in [0.1, 0.15) is 0 Å². The molecule has 1 amide bonds. The summed E-state index contributed by atoms with van der Waals surface area (Å²) >= 11 is 0. The van der Waals surface area contributed by atoms with Crippen LogP contribution in [0, 0.1) is 5.92 Å². The second-order valence-corrected chi connectivity index (χ2v) is 7.15. The molecule has 1 aliphatic heterocycles. The van der Waals surface area contributed by atoms with Gasteiger partial charge in [0.15, 0.2) is 0 Å². The molecule has 1 saturated heterocycles. The third-order valence-electron chi connectivity index (χ3n) is 4.90. The van der Waals surface area contributed by atoms with Crippen LogP contribution in [0.5, 0.6) is 0 Å². The number of amides is 1. The van der Waals surface area contributed by atoms with Crippen molar-refractivity contribution >= 4 is 5.91 Å². The van der Waals surface area contributed by atoms with Crippen molar-refractivity contribution in [1.29, 1.82) is 0 Å². The van der Waals surface area contributed by atoms with Crippen LogP contribution < -0.4 is 5.32 Å². The molecule has 0 saturated carbocycles. The third-order valence-corrected chi connectivity index (χ3v) is 4.90. The minimum absolute atomic E-state index is 0.0407. The highest BCUT2D eigenvalue weighted by atomic mass is 16.5. The smallest absolute Gasteiger partial charge is 0.251 e. The molecule has 5 heteroatoms. The molecule has 1 aromatic carbocycles. The minimum atomic E-state index is -0.0450. The van der Waals surface area contributed by atoms with E-state index in [-0.39, 0.29) is 17.9 Å². The SMILES string of the molecule is CC(C)C(NC(=O)c1ccc(C2CCOCC2)cc1)c1cnn(C)c1. The Balaban J connectivity index is 1.69. The number of carbonyl (C=O) groups is 1. The highest BCUT2D eigenvalue weighted by molar-refractivity contribution is 5.94. The molecule has 25 heavy (non-hydrogen) atoms. The predicted octanol–water partition coefficient (Wildman–Crippen LogP) is 3.44. The zero-order valence-electron chi connectivity index (χ0n) is 15.2. The number of hydrogen-bond donors (Lipinski definition) is 1. The molecule has 2 aromatic rings. The zero-order valence-corrected chi connectivity index (χ0v) is 15.2. The first-order chi connectivity index (χ1) is 12.0. The summed E-state index contributed by atoms with van der Waals surface area (Å²) in [6.07, 6.45) is 5.89. The molecule has 134 valence electrons. The van der Waals surface area contributed by atoms with Crippen molar-refractivity contribution < 1.29 is 9.53 Å². The predicted molar refractivity (Wildman–Crippen MR) is 97.5 cm³/mol. The lowest BCUT2D eigenvalue weighted by Gasteiger charge is -2.23. The van der Waals surface area contributed by atoms with Crippen LogP contribution in [0.1, 0.15) is 60.1 Å². The lowest BCUT2D eigenvalue weighted by atomic mass is 9.91. The molecule has 0 radical (unpaired) electrons. The molecular formula is C20H27N3O2. The van der Waals surface area contributed by atoms with Crippen LogP contribution in [-0.2, 0) is 11.8 Å². The van der Waals surface area contributed by atoms with Crippen molar-refractivity contribution in [2.45, 2.75) is 38.6 Å². The first-order valence-electron chi connectivity index (χ1n) is 9.01. The summed E-state index contributed by atoms with van der Waals surface area (Å²) in [6.45, 7) is 5.86. The second-order valence-electron chi connectivity index (χ2n) is 7.15. The maximum atomic E-state index is 12.7. The minimum Gasteiger partial charge on any atom is -0.381 e. The molecule has 1 unspecified atom stereocenters. The summed E-state index contributed by atoms with van der Waals surface area (Å²) in [5.74, 6) is 0.792. The van der Waals surface area contributed by atoms with Gasteiger partial charge in [0.2, 0.25) is 0 Å². The molecular weight excluding hydrogens is 314 g/mol. The van der Waals surface area contributed by atoms with Gasteiger partial charge in [-0.15, -0.1) is 0 Å². The highest BCUT2D eigenvalue weighted by Gasteiger charge is 2.21. The summed E-state index contributed by atoms with van der Waals surface area (Å²) in [6, 6.07) is 7.98. The Morgan fingerprint density at radius 3 is 2.48 bits per heavy atom. The molecule has 3 rings (SSSR count). The van der Waals surface area contributed by atoms with Crippen LogP contribution in [0.15, 0.2) is 36.7 Å². The van der Waals surface area contributed by atoms with E-state index in [2.05, 4.69) is 36.4 Å². The van der Waals surface area contributed by atoms with E-state index >= 15 is 0 Å². The number of hydrogen-bond acceptors (Lipinski definition) is 3. The molecule has 2 heterocycles. The highest BCUT2D eigenvalue weighted by Crippen LogP contribution is 2.27. The van der Waals surface area contributed by atoms with Crippen LogP contribution in [0.2, 0.25) is 0 Å². The first kappa shape index (κ1) is 17.7. The van der Waals surface area contributed by atoms with E-state index in [4.69, 9.17) is 4.74 Å². The van der Waals surface area contributed by atoms with Crippen LogP contribution in [0.25, 0.3) is 0 Å². The van der Waals surface area contributed by atoms with Gasteiger partial charge in [-0.3, -0.25) is 9.48 Å². The number of aryl methyl sites for hydroxylation is 1. The summed E-state index contributed by atoms with van der Waals surface area (Å²) in [5.41, 5.74) is 3.03. The standard InChI is InChI=1S/C20H27N3O2/c1-14(2)19(18-12-21-23(3)13-18)22-20(24)17-6-4-15(5-7-17)16-8-10-25-11-9-16/h4-7,12-14,16,19H,8-11H2,1-3H3,(H,22,24). The summed E-state index contributed by atoms with van der Waals surface area (Å²) in [4.78, 5) is 12.7. The van der Waals surface area contributed by atoms with Crippen LogP contribution in [0.3, 0.4) is 0 Å². The Morgan fingerprint density at radius 1 is 1.24 bits per heavy atom. The van der Waals surface area contributed by atoms with Gasteiger partial charge in [0, 0.05) is 37.6 Å². The van der Waals surface area contributed by atoms with E-state index in [0.717, 1.165) is 31.6 Å². The van der Waals surface area contributed by atoms with Gasteiger partial charge in [-0.05, 0) is 42.4 Å². The Hall–Kier alpha value is -2.14. The van der Waals surface area contributed by atoms with Crippen molar-refractivity contribution in [3.05, 3.63) is 53.3 Å². The number of aromatic nitrogens is 2. The lowest BCUT2D eigenvalue weighted by Crippen LogP contribution is -2.31. The van der Waals surface area contributed by atoms with Crippen LogP contribution in [0.4, 0.5) is 0 Å². The van der Waals surface area contributed by atoms with Crippen molar-refractivity contribution in [1.82, 2.24) is 15.1 Å². The van der Waals surface area contributed by atoms with E-state index in [9.17, 15) is 4.79 Å². The van der Waals surface area contributed by atoms with Crippen LogP contribution in [-0.4, -0.2) is 28.9 Å². The fourth-order valence-corrected chi connectivity index (χ4v) is 3.40. The average molecular weight is 341 g/mol. The molecule has 0 aliphatic carbocycles. The number of carbonyl (C=O) groups excluding carboxylic acids is 1. The quantitative estimate of drug-likeness (QED) is 0.906. The number of nitrogens with zero attached hydrogens (tertiary/aromatic N) is 2. The Bertz CT molecular complexity index is 700. The fourth-order valence-electron chi connectivity index (χ4n) is 3.40. The normalized spacial score (nSPS) is 16.8. The zero-order chi connectivity index (χ0) is 17.8. The van der Waals surface area contributed by atoms with Crippen molar-refractivity contribution in [3.63, 3.8) is 0 Å². The molecule has 0 spiro atoms. The van der Waals surface area contributed by atoms with Gasteiger partial charge >= 0.3 is 0 Å². The van der Waals surface area contributed by atoms with Gasteiger partial charge in [-0.2, -0.15) is 5.10 Å². The van der Waals surface area contributed by atoms with E-state index < -0.39 is 0 Å². The Labute approximate surface area is 149 Å². The molecule has 1 fully saturated rings. The molecule has 5 nitrogen and oxygen atoms in total. The number of benzene rings is 1. The van der Waals surface area contributed by atoms with Gasteiger partial charge in [0.25, 0.3) is 5.91 Å². The van der Waals surface area contributed by atoms with E-state index in [1.807, 2.05) is 31.6 Å². The van der Waals surface area contributed by atoms with Gasteiger partial charge < -0.3 is 10.1 Å². The maximum absolute atomic E-state index is 12.7. The third kappa shape index (κ3) is 4.28. The summed E-state index contributed by atoms with van der Waals surface area (Å²) < 4.78 is 7.19. The largest absolute Gasteiger partial charge is 0.381 e. The topological polar surface area (TPSA) is 56.1 Å². The second kappa shape index (κ2) is 7.83. The molecule has 0 bridgehead atoms.